The Morgan fingerprint density at radius 2 is 1.85 bits per heavy atom. The van der Waals surface area contributed by atoms with Crippen LogP contribution < -0.4 is 0 Å². The largest absolute Gasteiger partial charge is 0.464 e. The van der Waals surface area contributed by atoms with Crippen LogP contribution in [-0.4, -0.2) is 40.3 Å². The number of ketones is 1. The van der Waals surface area contributed by atoms with Crippen LogP contribution in [0.1, 0.15) is 92.9 Å². The lowest BCUT2D eigenvalue weighted by Gasteiger charge is -2.56. The van der Waals surface area contributed by atoms with Gasteiger partial charge in [-0.15, -0.1) is 0 Å². The third-order valence-electron chi connectivity index (χ3n) is 10.6. The molecule has 5 nitrogen and oxygen atoms in total. The summed E-state index contributed by atoms with van der Waals surface area (Å²) in [5.74, 6) is 1.23. The Labute approximate surface area is 205 Å². The summed E-state index contributed by atoms with van der Waals surface area (Å²) < 4.78 is 5.09. The molecule has 0 aromatic carbocycles. The first-order valence-electron chi connectivity index (χ1n) is 13.7. The minimum absolute atomic E-state index is 0.0653. The van der Waals surface area contributed by atoms with E-state index in [1.165, 1.54) is 25.7 Å². The summed E-state index contributed by atoms with van der Waals surface area (Å²) in [4.78, 5) is 25.9. The van der Waals surface area contributed by atoms with Gasteiger partial charge in [0.05, 0.1) is 12.7 Å². The number of hydrogen-bond donors (Lipinski definition) is 2. The predicted octanol–water partition coefficient (Wildman–Crippen LogP) is 5.08. The number of ether oxygens (including phenoxy) is 1. The zero-order chi connectivity index (χ0) is 25.1. The number of aliphatic hydroxyl groups excluding tert-OH is 1. The molecule has 0 aromatic heterocycles. The second-order valence-corrected chi connectivity index (χ2v) is 12.9. The van der Waals surface area contributed by atoms with Crippen molar-refractivity contribution in [3.63, 3.8) is 0 Å². The molecule has 4 aliphatic rings. The van der Waals surface area contributed by atoms with Gasteiger partial charge in [0.2, 0.25) is 11.4 Å². The quantitative estimate of drug-likeness (QED) is 0.397. The molecule has 9 unspecified atom stereocenters. The van der Waals surface area contributed by atoms with Crippen LogP contribution in [0.5, 0.6) is 0 Å². The monoisotopic (exact) mass is 474 g/mol. The normalized spacial score (nSPS) is 44.3. The van der Waals surface area contributed by atoms with Crippen LogP contribution in [0, 0.1) is 46.3 Å². The molecule has 34 heavy (non-hydrogen) atoms. The summed E-state index contributed by atoms with van der Waals surface area (Å²) in [6.07, 6.45) is 9.20. The van der Waals surface area contributed by atoms with E-state index in [9.17, 15) is 19.8 Å². The highest BCUT2D eigenvalue weighted by molar-refractivity contribution is 6.18. The fraction of sp³-hybridized carbons (Fsp3) is 0.862. The number of aliphatic hydroxyl groups is 2. The fourth-order valence-corrected chi connectivity index (χ4v) is 8.92. The molecule has 4 rings (SSSR count). The first kappa shape index (κ1) is 25.9. The third kappa shape index (κ3) is 3.80. The van der Waals surface area contributed by atoms with E-state index in [1.54, 1.807) is 13.0 Å². The summed E-state index contributed by atoms with van der Waals surface area (Å²) in [5.41, 5.74) is -2.10. The Morgan fingerprint density at radius 3 is 2.50 bits per heavy atom. The van der Waals surface area contributed by atoms with Crippen molar-refractivity contribution >= 4 is 11.8 Å². The summed E-state index contributed by atoms with van der Waals surface area (Å²) in [7, 11) is 0. The Bertz CT molecular complexity index is 847. The van der Waals surface area contributed by atoms with Crippen molar-refractivity contribution in [3.8, 4) is 0 Å². The average Bonchev–Trinajstić information content (AvgIpc) is 3.21. The van der Waals surface area contributed by atoms with Crippen molar-refractivity contribution < 1.29 is 24.5 Å². The van der Waals surface area contributed by atoms with Gasteiger partial charge in [0, 0.05) is 17.4 Å². The van der Waals surface area contributed by atoms with Crippen molar-refractivity contribution in [1.29, 1.82) is 0 Å². The summed E-state index contributed by atoms with van der Waals surface area (Å²) >= 11 is 0. The summed E-state index contributed by atoms with van der Waals surface area (Å²) in [5, 5.41) is 22.5. The zero-order valence-corrected chi connectivity index (χ0v) is 22.1. The molecule has 0 heterocycles. The van der Waals surface area contributed by atoms with Crippen LogP contribution in [0.3, 0.4) is 0 Å². The molecule has 3 saturated carbocycles. The van der Waals surface area contributed by atoms with Gasteiger partial charge < -0.3 is 14.9 Å². The van der Waals surface area contributed by atoms with E-state index in [2.05, 4.69) is 27.7 Å². The maximum atomic E-state index is 13.3. The van der Waals surface area contributed by atoms with Crippen molar-refractivity contribution in [2.75, 3.05) is 6.61 Å². The summed E-state index contributed by atoms with van der Waals surface area (Å²) in [6.45, 7) is 13.3. The number of hydrogen-bond acceptors (Lipinski definition) is 5. The molecule has 4 aliphatic carbocycles. The maximum Gasteiger partial charge on any atom is 0.346 e. The predicted molar refractivity (Wildman–Crippen MR) is 132 cm³/mol. The van der Waals surface area contributed by atoms with Crippen molar-refractivity contribution in [2.24, 2.45) is 46.3 Å². The molecule has 3 fully saturated rings. The zero-order valence-electron chi connectivity index (χ0n) is 22.1. The van der Waals surface area contributed by atoms with Gasteiger partial charge in [-0.1, -0.05) is 53.9 Å². The molecular formula is C29H46O5. The van der Waals surface area contributed by atoms with E-state index in [0.717, 1.165) is 25.2 Å². The molecule has 0 amide bonds. The maximum absolute atomic E-state index is 13.3. The highest BCUT2D eigenvalue weighted by atomic mass is 16.5. The van der Waals surface area contributed by atoms with Crippen molar-refractivity contribution in [2.45, 2.75) is 105 Å². The molecule has 0 bridgehead atoms. The molecule has 9 atom stereocenters. The van der Waals surface area contributed by atoms with Gasteiger partial charge in [-0.2, -0.15) is 0 Å². The molecule has 192 valence electrons. The van der Waals surface area contributed by atoms with Gasteiger partial charge in [0.1, 0.15) is 0 Å². The van der Waals surface area contributed by atoms with Gasteiger partial charge in [0.15, 0.2) is 0 Å². The Balaban J connectivity index is 1.59. The molecule has 0 saturated heterocycles. The van der Waals surface area contributed by atoms with Crippen LogP contribution >= 0.6 is 0 Å². The van der Waals surface area contributed by atoms with Crippen LogP contribution in [0.2, 0.25) is 0 Å². The Hall–Kier alpha value is -1.20. The molecule has 0 spiro atoms. The van der Waals surface area contributed by atoms with E-state index in [-0.39, 0.29) is 30.3 Å². The fourth-order valence-electron chi connectivity index (χ4n) is 8.92. The van der Waals surface area contributed by atoms with Crippen molar-refractivity contribution in [1.82, 2.24) is 0 Å². The number of rotatable bonds is 7. The average molecular weight is 475 g/mol. The lowest BCUT2D eigenvalue weighted by Crippen LogP contribution is -2.53. The van der Waals surface area contributed by atoms with Gasteiger partial charge in [0.25, 0.3) is 0 Å². The molecule has 2 N–H and O–H groups in total. The second kappa shape index (κ2) is 9.03. The molecule has 0 radical (unpaired) electrons. The third-order valence-corrected chi connectivity index (χ3v) is 10.6. The number of Topliss-reactive ketones (excluding diaryl/α,β-unsaturated/α-hetero) is 1. The number of esters is 1. The van der Waals surface area contributed by atoms with E-state index >= 15 is 0 Å². The lowest BCUT2D eigenvalue weighted by molar-refractivity contribution is -0.169. The smallest absolute Gasteiger partial charge is 0.346 e. The number of carbonyl (C=O) groups is 2. The van der Waals surface area contributed by atoms with E-state index in [1.807, 2.05) is 6.92 Å². The van der Waals surface area contributed by atoms with E-state index < -0.39 is 28.9 Å². The van der Waals surface area contributed by atoms with Crippen LogP contribution in [0.25, 0.3) is 0 Å². The molecule has 5 heteroatoms. The van der Waals surface area contributed by atoms with E-state index in [0.29, 0.717) is 23.3 Å². The first-order chi connectivity index (χ1) is 15.9. The Morgan fingerprint density at radius 1 is 1.15 bits per heavy atom. The van der Waals surface area contributed by atoms with Gasteiger partial charge >= 0.3 is 5.97 Å². The topological polar surface area (TPSA) is 83.8 Å². The van der Waals surface area contributed by atoms with Crippen LogP contribution in [0.15, 0.2) is 11.6 Å². The lowest BCUT2D eigenvalue weighted by atomic mass is 9.48. The Kier molecular flexibility index (Phi) is 6.87. The van der Waals surface area contributed by atoms with Crippen LogP contribution in [0.4, 0.5) is 0 Å². The summed E-state index contributed by atoms with van der Waals surface area (Å²) in [6, 6.07) is 0. The van der Waals surface area contributed by atoms with E-state index in [4.69, 9.17) is 4.74 Å². The number of fused-ring (bicyclic) bond motifs is 5. The van der Waals surface area contributed by atoms with Crippen molar-refractivity contribution in [3.05, 3.63) is 11.6 Å². The number of carbonyl (C=O) groups excluding carboxylic acids is 2. The standard InChI is InChI=1S/C29H46O5/c1-7-34-26(32)29(33)16-28(6)21-13-14-27(5)19(18(4)10-8-9-17(2)3)11-12-20(27)24(21)23(30)15-22(28)25(29)31/h15,17-21,23-24,30,33H,7-14,16H2,1-6H3. The van der Waals surface area contributed by atoms with Gasteiger partial charge in [-0.3, -0.25) is 4.79 Å². The molecule has 0 aromatic rings. The molecular weight excluding hydrogens is 428 g/mol. The highest BCUT2D eigenvalue weighted by Crippen LogP contribution is 2.68. The van der Waals surface area contributed by atoms with Crippen LogP contribution in [-0.2, 0) is 14.3 Å². The minimum atomic E-state index is -2.13. The highest BCUT2D eigenvalue weighted by Gasteiger charge is 2.68. The van der Waals surface area contributed by atoms with Gasteiger partial charge in [-0.05, 0) is 79.6 Å². The first-order valence-corrected chi connectivity index (χ1v) is 13.7. The van der Waals surface area contributed by atoms with Gasteiger partial charge in [-0.25, -0.2) is 4.79 Å². The second-order valence-electron chi connectivity index (χ2n) is 12.9. The SMILES string of the molecule is CCOC(=O)C1(O)CC2(C)C(=CC(O)C3C2CCC2(C)C(C(C)CCCC(C)C)CCC32)C1=O. The molecule has 0 aliphatic heterocycles. The minimum Gasteiger partial charge on any atom is -0.464 e.